The zero-order valence-electron chi connectivity index (χ0n) is 11.5. The SMILES string of the molecule is CCc1cc(Oc2ccc(Cl)cc2CNC)ccc1Cl. The van der Waals surface area contributed by atoms with Crippen molar-refractivity contribution in [1.82, 2.24) is 5.32 Å². The summed E-state index contributed by atoms with van der Waals surface area (Å²) in [6, 6.07) is 11.3. The molecule has 0 unspecified atom stereocenters. The lowest BCUT2D eigenvalue weighted by Crippen LogP contribution is -2.06. The van der Waals surface area contributed by atoms with Crippen LogP contribution in [-0.2, 0) is 13.0 Å². The molecular weight excluding hydrogens is 293 g/mol. The second-order valence-electron chi connectivity index (χ2n) is 4.49. The molecule has 2 nitrogen and oxygen atoms in total. The Morgan fingerprint density at radius 2 is 1.85 bits per heavy atom. The molecule has 4 heteroatoms. The van der Waals surface area contributed by atoms with Crippen LogP contribution in [0, 0.1) is 0 Å². The average molecular weight is 310 g/mol. The molecule has 0 amide bonds. The Morgan fingerprint density at radius 1 is 1.05 bits per heavy atom. The smallest absolute Gasteiger partial charge is 0.132 e. The summed E-state index contributed by atoms with van der Waals surface area (Å²) in [5, 5.41) is 4.58. The average Bonchev–Trinajstić information content (AvgIpc) is 2.44. The van der Waals surface area contributed by atoms with E-state index in [1.165, 1.54) is 0 Å². The standard InChI is InChI=1S/C16H17Cl2NO/c1-3-11-9-14(5-6-15(11)18)20-16-7-4-13(17)8-12(16)10-19-2/h4-9,19H,3,10H2,1-2H3. The maximum absolute atomic E-state index is 6.12. The Morgan fingerprint density at radius 3 is 2.55 bits per heavy atom. The van der Waals surface area contributed by atoms with Crippen LogP contribution >= 0.6 is 23.2 Å². The Hall–Kier alpha value is -1.22. The number of hydrogen-bond donors (Lipinski definition) is 1. The Balaban J connectivity index is 2.29. The first-order valence-corrected chi connectivity index (χ1v) is 7.29. The molecule has 0 heterocycles. The summed E-state index contributed by atoms with van der Waals surface area (Å²) in [5.41, 5.74) is 2.10. The van der Waals surface area contributed by atoms with Crippen LogP contribution < -0.4 is 10.1 Å². The molecule has 0 atom stereocenters. The van der Waals surface area contributed by atoms with E-state index in [0.29, 0.717) is 11.6 Å². The van der Waals surface area contributed by atoms with Gasteiger partial charge in [0.15, 0.2) is 0 Å². The predicted octanol–water partition coefficient (Wildman–Crippen LogP) is 5.07. The summed E-state index contributed by atoms with van der Waals surface area (Å²) in [7, 11) is 1.89. The molecule has 0 radical (unpaired) electrons. The number of rotatable bonds is 5. The maximum atomic E-state index is 6.12. The number of aryl methyl sites for hydroxylation is 1. The summed E-state index contributed by atoms with van der Waals surface area (Å²) < 4.78 is 5.96. The van der Waals surface area contributed by atoms with Crippen molar-refractivity contribution in [2.75, 3.05) is 7.05 Å². The van der Waals surface area contributed by atoms with Gasteiger partial charge in [0.1, 0.15) is 11.5 Å². The number of hydrogen-bond acceptors (Lipinski definition) is 2. The van der Waals surface area contributed by atoms with Gasteiger partial charge in [-0.2, -0.15) is 0 Å². The molecule has 0 aliphatic carbocycles. The minimum atomic E-state index is 0.699. The maximum Gasteiger partial charge on any atom is 0.132 e. The van der Waals surface area contributed by atoms with Crippen molar-refractivity contribution in [3.05, 3.63) is 57.6 Å². The van der Waals surface area contributed by atoms with Crippen LogP contribution in [0.2, 0.25) is 10.0 Å². The molecule has 0 fully saturated rings. The summed E-state index contributed by atoms with van der Waals surface area (Å²) in [6.45, 7) is 2.77. The monoisotopic (exact) mass is 309 g/mol. The predicted molar refractivity (Wildman–Crippen MR) is 85.1 cm³/mol. The molecule has 0 spiro atoms. The third-order valence-electron chi connectivity index (χ3n) is 3.02. The van der Waals surface area contributed by atoms with Gasteiger partial charge in [-0.25, -0.2) is 0 Å². The van der Waals surface area contributed by atoms with Gasteiger partial charge >= 0.3 is 0 Å². The van der Waals surface area contributed by atoms with Gasteiger partial charge in [-0.15, -0.1) is 0 Å². The van der Waals surface area contributed by atoms with E-state index in [1.54, 1.807) is 0 Å². The first-order chi connectivity index (χ1) is 9.63. The van der Waals surface area contributed by atoms with Crippen molar-refractivity contribution < 1.29 is 4.74 Å². The van der Waals surface area contributed by atoms with Crippen LogP contribution in [0.3, 0.4) is 0 Å². The first kappa shape index (κ1) is 15.2. The molecule has 20 heavy (non-hydrogen) atoms. The van der Waals surface area contributed by atoms with Gasteiger partial charge < -0.3 is 10.1 Å². The molecule has 0 saturated heterocycles. The molecule has 2 aromatic rings. The summed E-state index contributed by atoms with van der Waals surface area (Å²) >= 11 is 12.1. The zero-order chi connectivity index (χ0) is 14.5. The molecule has 106 valence electrons. The fourth-order valence-corrected chi connectivity index (χ4v) is 2.43. The van der Waals surface area contributed by atoms with Gasteiger partial charge in [-0.05, 0) is 55.4 Å². The molecule has 2 aromatic carbocycles. The van der Waals surface area contributed by atoms with Crippen molar-refractivity contribution in [2.24, 2.45) is 0 Å². The fraction of sp³-hybridized carbons (Fsp3) is 0.250. The van der Waals surface area contributed by atoms with Gasteiger partial charge in [0.2, 0.25) is 0 Å². The summed E-state index contributed by atoms with van der Waals surface area (Å²) in [4.78, 5) is 0. The Bertz CT molecular complexity index is 599. The second-order valence-corrected chi connectivity index (χ2v) is 5.33. The second kappa shape index (κ2) is 6.98. The molecule has 0 aliphatic rings. The van der Waals surface area contributed by atoms with Gasteiger partial charge in [-0.1, -0.05) is 30.1 Å². The van der Waals surface area contributed by atoms with Gasteiger partial charge in [-0.3, -0.25) is 0 Å². The van der Waals surface area contributed by atoms with Gasteiger partial charge in [0.05, 0.1) is 0 Å². The highest BCUT2D eigenvalue weighted by Gasteiger charge is 2.07. The lowest BCUT2D eigenvalue weighted by molar-refractivity contribution is 0.473. The quantitative estimate of drug-likeness (QED) is 0.832. The Kier molecular flexibility index (Phi) is 5.30. The van der Waals surface area contributed by atoms with E-state index in [2.05, 4.69) is 12.2 Å². The van der Waals surface area contributed by atoms with Gasteiger partial charge in [0.25, 0.3) is 0 Å². The van der Waals surface area contributed by atoms with E-state index >= 15 is 0 Å². The van der Waals surface area contributed by atoms with Crippen molar-refractivity contribution in [3.8, 4) is 11.5 Å². The van der Waals surface area contributed by atoms with Crippen LogP contribution in [0.4, 0.5) is 0 Å². The van der Waals surface area contributed by atoms with Crippen molar-refractivity contribution in [1.29, 1.82) is 0 Å². The number of ether oxygens (including phenoxy) is 1. The third kappa shape index (κ3) is 3.66. The fourth-order valence-electron chi connectivity index (χ4n) is 1.99. The highest BCUT2D eigenvalue weighted by atomic mass is 35.5. The van der Waals surface area contributed by atoms with E-state index in [4.69, 9.17) is 27.9 Å². The highest BCUT2D eigenvalue weighted by molar-refractivity contribution is 6.31. The minimum absolute atomic E-state index is 0.699. The van der Waals surface area contributed by atoms with Crippen LogP contribution in [-0.4, -0.2) is 7.05 Å². The Labute approximate surface area is 129 Å². The van der Waals surface area contributed by atoms with Crippen LogP contribution in [0.5, 0.6) is 11.5 Å². The van der Waals surface area contributed by atoms with E-state index in [-0.39, 0.29) is 0 Å². The van der Waals surface area contributed by atoms with E-state index in [0.717, 1.165) is 34.1 Å². The molecule has 1 N–H and O–H groups in total. The van der Waals surface area contributed by atoms with Crippen molar-refractivity contribution in [3.63, 3.8) is 0 Å². The molecule has 2 rings (SSSR count). The lowest BCUT2D eigenvalue weighted by Gasteiger charge is -2.12. The normalized spacial score (nSPS) is 10.6. The zero-order valence-corrected chi connectivity index (χ0v) is 13.1. The number of benzene rings is 2. The van der Waals surface area contributed by atoms with E-state index in [9.17, 15) is 0 Å². The molecule has 0 saturated carbocycles. The minimum Gasteiger partial charge on any atom is -0.457 e. The molecule has 0 bridgehead atoms. The molecular formula is C16H17Cl2NO. The first-order valence-electron chi connectivity index (χ1n) is 6.53. The van der Waals surface area contributed by atoms with Crippen molar-refractivity contribution in [2.45, 2.75) is 19.9 Å². The lowest BCUT2D eigenvalue weighted by atomic mass is 10.1. The summed E-state index contributed by atoms with van der Waals surface area (Å²) in [6.07, 6.45) is 0.875. The van der Waals surface area contributed by atoms with E-state index in [1.807, 2.05) is 43.4 Å². The topological polar surface area (TPSA) is 21.3 Å². The van der Waals surface area contributed by atoms with Crippen LogP contribution in [0.1, 0.15) is 18.1 Å². The van der Waals surface area contributed by atoms with Gasteiger partial charge in [0, 0.05) is 22.2 Å². The van der Waals surface area contributed by atoms with Crippen LogP contribution in [0.25, 0.3) is 0 Å². The largest absolute Gasteiger partial charge is 0.457 e. The third-order valence-corrected chi connectivity index (χ3v) is 3.62. The van der Waals surface area contributed by atoms with Crippen molar-refractivity contribution >= 4 is 23.2 Å². The highest BCUT2D eigenvalue weighted by Crippen LogP contribution is 2.30. The van der Waals surface area contributed by atoms with E-state index < -0.39 is 0 Å². The van der Waals surface area contributed by atoms with Crippen LogP contribution in [0.15, 0.2) is 36.4 Å². The number of nitrogens with one attached hydrogen (secondary N) is 1. The molecule has 0 aliphatic heterocycles. The number of halogens is 2. The molecule has 0 aromatic heterocycles. The summed E-state index contributed by atoms with van der Waals surface area (Å²) in [5.74, 6) is 1.58.